The molecule has 9 heteroatoms. The predicted molar refractivity (Wildman–Crippen MR) is 144 cm³/mol. The minimum atomic E-state index is -0.679. The smallest absolute Gasteiger partial charge is 0.407 e. The number of benzene rings is 2. The van der Waals surface area contributed by atoms with Gasteiger partial charge in [-0.05, 0) is 69.9 Å². The molecule has 0 radical (unpaired) electrons. The number of amides is 1. The maximum absolute atomic E-state index is 14.3. The summed E-state index contributed by atoms with van der Waals surface area (Å²) in [6, 6.07) is 13.6. The Bertz CT molecular complexity index is 1150. The Kier molecular flexibility index (Phi) is 10.1. The lowest BCUT2D eigenvalue weighted by atomic mass is 9.91. The summed E-state index contributed by atoms with van der Waals surface area (Å²) in [5.74, 6) is -1.23. The number of esters is 1. The van der Waals surface area contributed by atoms with Gasteiger partial charge in [-0.15, -0.1) is 0 Å². The third-order valence-electron chi connectivity index (χ3n) is 6.20. The van der Waals surface area contributed by atoms with Gasteiger partial charge in [0.05, 0.1) is 24.5 Å². The van der Waals surface area contributed by atoms with E-state index in [0.29, 0.717) is 48.6 Å². The molecular weight excluding hydrogens is 509 g/mol. The molecule has 0 aromatic heterocycles. The van der Waals surface area contributed by atoms with Crippen LogP contribution in [-0.2, 0) is 20.7 Å². The molecule has 204 valence electrons. The van der Waals surface area contributed by atoms with E-state index in [-0.39, 0.29) is 24.3 Å². The normalized spacial score (nSPS) is 15.6. The van der Waals surface area contributed by atoms with Gasteiger partial charge in [0.1, 0.15) is 11.4 Å². The number of rotatable bonds is 10. The highest BCUT2D eigenvalue weighted by Gasteiger charge is 2.33. The van der Waals surface area contributed by atoms with Crippen molar-refractivity contribution in [3.63, 3.8) is 0 Å². The molecule has 1 fully saturated rings. The van der Waals surface area contributed by atoms with Crippen molar-refractivity contribution in [2.45, 2.75) is 52.2 Å². The highest BCUT2D eigenvalue weighted by Crippen LogP contribution is 2.27. The number of alkyl carbamates (subject to hydrolysis) is 1. The van der Waals surface area contributed by atoms with Crippen LogP contribution in [0.1, 0.15) is 39.7 Å². The molecule has 1 amide bonds. The van der Waals surface area contributed by atoms with Gasteiger partial charge in [0.25, 0.3) is 0 Å². The lowest BCUT2D eigenvalue weighted by Crippen LogP contribution is -2.50. The minimum Gasteiger partial charge on any atom is -0.466 e. The number of halogens is 2. The molecule has 2 aromatic carbocycles. The summed E-state index contributed by atoms with van der Waals surface area (Å²) >= 11 is 6.05. The maximum Gasteiger partial charge on any atom is 0.407 e. The summed E-state index contributed by atoms with van der Waals surface area (Å²) in [7, 11) is 0. The monoisotopic (exact) mass is 543 g/mol. The maximum atomic E-state index is 14.3. The zero-order chi connectivity index (χ0) is 27.9. The van der Waals surface area contributed by atoms with Crippen LogP contribution in [0.4, 0.5) is 9.18 Å². The molecule has 7 nitrogen and oxygen atoms in total. The summed E-state index contributed by atoms with van der Waals surface area (Å²) in [6.07, 6.45) is 0.182. The molecule has 1 heterocycles. The van der Waals surface area contributed by atoms with Gasteiger partial charge < -0.3 is 14.8 Å². The number of hydrogen-bond acceptors (Lipinski definition) is 6. The lowest BCUT2D eigenvalue weighted by Gasteiger charge is -2.37. The van der Waals surface area contributed by atoms with Gasteiger partial charge in [-0.25, -0.2) is 9.18 Å². The first-order chi connectivity index (χ1) is 18.0. The molecule has 0 bridgehead atoms. The van der Waals surface area contributed by atoms with Crippen LogP contribution >= 0.6 is 11.6 Å². The van der Waals surface area contributed by atoms with E-state index in [4.69, 9.17) is 26.3 Å². The third-order valence-corrected chi connectivity index (χ3v) is 6.44. The predicted octanol–water partition coefficient (Wildman–Crippen LogP) is 5.61. The summed E-state index contributed by atoms with van der Waals surface area (Å²) in [4.78, 5) is 27.5. The van der Waals surface area contributed by atoms with Crippen LogP contribution in [0.5, 0.6) is 0 Å². The molecule has 0 saturated carbocycles. The van der Waals surface area contributed by atoms with Gasteiger partial charge in [-0.2, -0.15) is 5.26 Å². The van der Waals surface area contributed by atoms with Crippen molar-refractivity contribution < 1.29 is 23.5 Å². The van der Waals surface area contributed by atoms with Gasteiger partial charge >= 0.3 is 12.1 Å². The van der Waals surface area contributed by atoms with Gasteiger partial charge in [-0.3, -0.25) is 9.69 Å². The zero-order valence-corrected chi connectivity index (χ0v) is 23.1. The number of likely N-dealkylation sites (tertiary alicyclic amines) is 1. The molecule has 2 aromatic rings. The Hall–Kier alpha value is -3.15. The first kappa shape index (κ1) is 29.4. The quantitative estimate of drug-likeness (QED) is 0.392. The van der Waals surface area contributed by atoms with Crippen LogP contribution in [0.25, 0.3) is 11.1 Å². The average Bonchev–Trinajstić information content (AvgIpc) is 2.81. The van der Waals surface area contributed by atoms with E-state index in [0.717, 1.165) is 5.56 Å². The van der Waals surface area contributed by atoms with Crippen molar-refractivity contribution >= 4 is 23.7 Å². The van der Waals surface area contributed by atoms with Crippen LogP contribution in [0.2, 0.25) is 5.02 Å². The van der Waals surface area contributed by atoms with E-state index in [9.17, 15) is 14.0 Å². The van der Waals surface area contributed by atoms with Gasteiger partial charge in [0.15, 0.2) is 0 Å². The molecule has 1 aliphatic rings. The first-order valence-corrected chi connectivity index (χ1v) is 13.2. The zero-order valence-electron chi connectivity index (χ0n) is 22.3. The summed E-state index contributed by atoms with van der Waals surface area (Å²) < 4.78 is 25.1. The second kappa shape index (κ2) is 13.1. The van der Waals surface area contributed by atoms with Crippen LogP contribution in [0, 0.1) is 29.0 Å². The summed E-state index contributed by atoms with van der Waals surface area (Å²) in [5, 5.41) is 12.5. The van der Waals surface area contributed by atoms with Crippen molar-refractivity contribution in [2.75, 3.05) is 26.2 Å². The largest absolute Gasteiger partial charge is 0.466 e. The number of carbonyl (C=O) groups is 2. The fourth-order valence-electron chi connectivity index (χ4n) is 4.45. The Morgan fingerprint density at radius 3 is 2.50 bits per heavy atom. The van der Waals surface area contributed by atoms with E-state index in [2.05, 4.69) is 11.4 Å². The van der Waals surface area contributed by atoms with Crippen LogP contribution in [0.3, 0.4) is 0 Å². The fourth-order valence-corrected chi connectivity index (χ4v) is 4.62. The number of nitrogens with zero attached hydrogens (tertiary/aromatic N) is 2. The Balaban J connectivity index is 1.78. The molecule has 1 N–H and O–H groups in total. The first-order valence-electron chi connectivity index (χ1n) is 12.8. The Labute approximate surface area is 228 Å². The molecule has 1 aliphatic heterocycles. The molecule has 1 saturated heterocycles. The summed E-state index contributed by atoms with van der Waals surface area (Å²) in [5.41, 5.74) is 1.30. The Morgan fingerprint density at radius 2 is 1.89 bits per heavy atom. The lowest BCUT2D eigenvalue weighted by molar-refractivity contribution is -0.149. The molecule has 0 spiro atoms. The SMILES string of the molecule is CCOC(=O)C(CC(Cc1ccc(-c2cc(Cl)ccc2F)cc1)NC(=O)OC(C)(C)C)CN1CC(C#N)C1. The minimum absolute atomic E-state index is 0.0311. The van der Waals surface area contributed by atoms with Gasteiger partial charge in [0, 0.05) is 36.3 Å². The number of nitriles is 1. The molecule has 2 atom stereocenters. The highest BCUT2D eigenvalue weighted by atomic mass is 35.5. The molecular formula is C29H35ClFN3O4. The fraction of sp³-hybridized carbons (Fsp3) is 0.483. The molecule has 2 unspecified atom stereocenters. The van der Waals surface area contributed by atoms with E-state index < -0.39 is 23.7 Å². The van der Waals surface area contributed by atoms with Crippen molar-refractivity contribution in [3.05, 3.63) is 58.9 Å². The van der Waals surface area contributed by atoms with Crippen LogP contribution in [-0.4, -0.2) is 54.8 Å². The number of hydrogen-bond donors (Lipinski definition) is 1. The highest BCUT2D eigenvalue weighted by molar-refractivity contribution is 6.30. The van der Waals surface area contributed by atoms with Crippen molar-refractivity contribution in [1.82, 2.24) is 10.2 Å². The van der Waals surface area contributed by atoms with Crippen LogP contribution < -0.4 is 5.32 Å². The van der Waals surface area contributed by atoms with Crippen LogP contribution in [0.15, 0.2) is 42.5 Å². The second-order valence-electron chi connectivity index (χ2n) is 10.6. The standard InChI is InChI=1S/C29H35ClFN3O4/c1-5-37-27(35)22(18-34-16-20(15-32)17-34)13-24(33-28(36)38-29(2,3)4)12-19-6-8-21(9-7-19)25-14-23(30)10-11-26(25)31/h6-11,14,20,22,24H,5,12-13,16-18H2,1-4H3,(H,33,36). The van der Waals surface area contributed by atoms with E-state index >= 15 is 0 Å². The number of ether oxygens (including phenoxy) is 2. The molecule has 38 heavy (non-hydrogen) atoms. The van der Waals surface area contributed by atoms with Crippen molar-refractivity contribution in [1.29, 1.82) is 5.26 Å². The van der Waals surface area contributed by atoms with Gasteiger partial charge in [-0.1, -0.05) is 35.9 Å². The number of nitrogens with one attached hydrogen (secondary N) is 1. The van der Waals surface area contributed by atoms with E-state index in [1.54, 1.807) is 45.9 Å². The van der Waals surface area contributed by atoms with E-state index in [1.165, 1.54) is 12.1 Å². The number of carbonyl (C=O) groups excluding carboxylic acids is 2. The molecule has 3 rings (SSSR count). The van der Waals surface area contributed by atoms with Crippen molar-refractivity contribution in [2.24, 2.45) is 11.8 Å². The van der Waals surface area contributed by atoms with Crippen molar-refractivity contribution in [3.8, 4) is 17.2 Å². The topological polar surface area (TPSA) is 91.7 Å². The average molecular weight is 544 g/mol. The summed E-state index contributed by atoms with van der Waals surface area (Å²) in [6.45, 7) is 9.02. The third kappa shape index (κ3) is 8.71. The second-order valence-corrected chi connectivity index (χ2v) is 11.0. The molecule has 0 aliphatic carbocycles. The van der Waals surface area contributed by atoms with E-state index in [1.807, 2.05) is 17.0 Å². The Morgan fingerprint density at radius 1 is 1.21 bits per heavy atom. The van der Waals surface area contributed by atoms with Gasteiger partial charge in [0.2, 0.25) is 0 Å².